The summed E-state index contributed by atoms with van der Waals surface area (Å²) in [4.78, 5) is 14.3. The summed E-state index contributed by atoms with van der Waals surface area (Å²) in [5.41, 5.74) is 5.05. The number of hydrazone groups is 1. The summed E-state index contributed by atoms with van der Waals surface area (Å²) in [6.07, 6.45) is 3.94. The molecule has 0 radical (unpaired) electrons. The molecular weight excluding hydrogens is 274 g/mol. The van der Waals surface area contributed by atoms with Crippen molar-refractivity contribution in [3.63, 3.8) is 0 Å². The standard InChI is InChI=1S/C18H21N3O/c1-12-13(17(22)21(5)19-12)10-11-16-18(2,3)14-8-6-7-9-15(14)20(16)4/h6-11H,1-5H3. The van der Waals surface area contributed by atoms with Gasteiger partial charge < -0.3 is 4.90 Å². The predicted octanol–water partition coefficient (Wildman–Crippen LogP) is 3.07. The number of hydrogen-bond acceptors (Lipinski definition) is 3. The number of carbonyl (C=O) groups is 1. The van der Waals surface area contributed by atoms with Crippen LogP contribution in [0.25, 0.3) is 0 Å². The van der Waals surface area contributed by atoms with Crippen molar-refractivity contribution in [3.8, 4) is 0 Å². The average Bonchev–Trinajstić information content (AvgIpc) is 2.83. The number of amides is 1. The Balaban J connectivity index is 2.04. The van der Waals surface area contributed by atoms with Gasteiger partial charge in [0.1, 0.15) is 0 Å². The Morgan fingerprint density at radius 3 is 2.41 bits per heavy atom. The number of likely N-dealkylation sites (N-methyl/N-ethyl adjacent to an activating group) is 2. The SMILES string of the molecule is CC1=NN(C)C(=O)C1=CC=C1N(C)c2ccccc2C1(C)C. The molecule has 2 aliphatic heterocycles. The molecule has 0 N–H and O–H groups in total. The van der Waals surface area contributed by atoms with Crippen molar-refractivity contribution in [1.29, 1.82) is 0 Å². The number of carbonyl (C=O) groups excluding carboxylic acids is 1. The lowest BCUT2D eigenvalue weighted by Gasteiger charge is -2.23. The van der Waals surface area contributed by atoms with Crippen LogP contribution in [0.3, 0.4) is 0 Å². The highest BCUT2D eigenvalue weighted by Gasteiger charge is 2.37. The van der Waals surface area contributed by atoms with Crippen molar-refractivity contribution in [2.24, 2.45) is 5.10 Å². The average molecular weight is 295 g/mol. The van der Waals surface area contributed by atoms with Gasteiger partial charge in [-0.25, -0.2) is 5.01 Å². The zero-order valence-electron chi connectivity index (χ0n) is 13.7. The monoisotopic (exact) mass is 295 g/mol. The molecule has 0 aromatic heterocycles. The number of rotatable bonds is 1. The van der Waals surface area contributed by atoms with Crippen molar-refractivity contribution < 1.29 is 4.79 Å². The molecule has 0 bridgehead atoms. The molecule has 1 aromatic carbocycles. The molecule has 1 amide bonds. The predicted molar refractivity (Wildman–Crippen MR) is 89.9 cm³/mol. The Morgan fingerprint density at radius 2 is 1.82 bits per heavy atom. The van der Waals surface area contributed by atoms with Crippen LogP contribution in [0, 0.1) is 0 Å². The lowest BCUT2D eigenvalue weighted by molar-refractivity contribution is -0.124. The normalized spacial score (nSPS) is 23.5. The molecule has 22 heavy (non-hydrogen) atoms. The van der Waals surface area contributed by atoms with E-state index in [1.807, 2.05) is 19.1 Å². The van der Waals surface area contributed by atoms with Crippen LogP contribution in [-0.4, -0.2) is 30.7 Å². The second-order valence-electron chi connectivity index (χ2n) is 6.35. The van der Waals surface area contributed by atoms with Crippen LogP contribution in [0.1, 0.15) is 26.3 Å². The molecule has 1 aromatic rings. The zero-order valence-corrected chi connectivity index (χ0v) is 13.7. The Kier molecular flexibility index (Phi) is 3.20. The van der Waals surface area contributed by atoms with Gasteiger partial charge in [-0.3, -0.25) is 4.79 Å². The summed E-state index contributed by atoms with van der Waals surface area (Å²) in [6.45, 7) is 6.29. The third-order valence-corrected chi connectivity index (χ3v) is 4.56. The van der Waals surface area contributed by atoms with Gasteiger partial charge in [0.15, 0.2) is 0 Å². The Morgan fingerprint density at radius 1 is 1.14 bits per heavy atom. The van der Waals surface area contributed by atoms with Crippen LogP contribution in [0.15, 0.2) is 52.8 Å². The first-order valence-electron chi connectivity index (χ1n) is 7.43. The summed E-state index contributed by atoms with van der Waals surface area (Å²) in [7, 11) is 3.75. The molecule has 0 aliphatic carbocycles. The smallest absolute Gasteiger partial charge is 0.275 e. The second kappa shape index (κ2) is 4.83. The maximum absolute atomic E-state index is 12.1. The molecule has 2 aliphatic rings. The quantitative estimate of drug-likeness (QED) is 0.746. The Hall–Kier alpha value is -2.36. The van der Waals surface area contributed by atoms with Gasteiger partial charge in [-0.1, -0.05) is 32.0 Å². The minimum Gasteiger partial charge on any atom is -0.347 e. The van der Waals surface area contributed by atoms with Crippen molar-refractivity contribution in [2.75, 3.05) is 19.0 Å². The number of para-hydroxylation sites is 1. The van der Waals surface area contributed by atoms with Gasteiger partial charge in [-0.15, -0.1) is 0 Å². The van der Waals surface area contributed by atoms with Gasteiger partial charge in [0.2, 0.25) is 0 Å². The molecule has 0 fully saturated rings. The van der Waals surface area contributed by atoms with E-state index in [1.165, 1.54) is 22.0 Å². The highest BCUT2D eigenvalue weighted by Crippen LogP contribution is 2.46. The Labute approximate surface area is 131 Å². The van der Waals surface area contributed by atoms with Crippen molar-refractivity contribution in [2.45, 2.75) is 26.2 Å². The lowest BCUT2D eigenvalue weighted by atomic mass is 9.83. The number of benzene rings is 1. The molecule has 0 saturated carbocycles. The molecule has 0 saturated heterocycles. The summed E-state index contributed by atoms with van der Waals surface area (Å²) < 4.78 is 0. The fourth-order valence-electron chi connectivity index (χ4n) is 3.31. The van der Waals surface area contributed by atoms with Crippen LogP contribution < -0.4 is 4.90 Å². The molecule has 114 valence electrons. The highest BCUT2D eigenvalue weighted by molar-refractivity contribution is 6.23. The van der Waals surface area contributed by atoms with Crippen LogP contribution in [0.2, 0.25) is 0 Å². The van der Waals surface area contributed by atoms with E-state index >= 15 is 0 Å². The van der Waals surface area contributed by atoms with E-state index in [9.17, 15) is 4.79 Å². The van der Waals surface area contributed by atoms with Crippen LogP contribution in [-0.2, 0) is 10.2 Å². The van der Waals surface area contributed by atoms with E-state index in [4.69, 9.17) is 0 Å². The first-order valence-corrected chi connectivity index (χ1v) is 7.43. The van der Waals surface area contributed by atoms with Crippen molar-refractivity contribution in [1.82, 2.24) is 5.01 Å². The first kappa shape index (κ1) is 14.6. The maximum Gasteiger partial charge on any atom is 0.275 e. The molecule has 4 heteroatoms. The minimum absolute atomic E-state index is 0.0506. The largest absolute Gasteiger partial charge is 0.347 e. The number of anilines is 1. The van der Waals surface area contributed by atoms with Crippen LogP contribution >= 0.6 is 0 Å². The zero-order chi connectivity index (χ0) is 16.1. The molecule has 0 unspecified atom stereocenters. The van der Waals surface area contributed by atoms with Gasteiger partial charge in [0, 0.05) is 30.9 Å². The van der Waals surface area contributed by atoms with Gasteiger partial charge in [0.25, 0.3) is 5.91 Å². The molecule has 3 rings (SSSR count). The summed E-state index contributed by atoms with van der Waals surface area (Å²) in [5, 5.41) is 5.57. The number of fused-ring (bicyclic) bond motifs is 1. The van der Waals surface area contributed by atoms with Crippen LogP contribution in [0.5, 0.6) is 0 Å². The van der Waals surface area contributed by atoms with Gasteiger partial charge in [-0.05, 0) is 30.7 Å². The minimum atomic E-state index is -0.0823. The maximum atomic E-state index is 12.1. The van der Waals surface area contributed by atoms with E-state index in [-0.39, 0.29) is 11.3 Å². The summed E-state index contributed by atoms with van der Waals surface area (Å²) >= 11 is 0. The third kappa shape index (κ3) is 1.98. The van der Waals surface area contributed by atoms with Crippen LogP contribution in [0.4, 0.5) is 5.69 Å². The van der Waals surface area contributed by atoms with E-state index in [0.29, 0.717) is 5.57 Å². The molecule has 0 spiro atoms. The van der Waals surface area contributed by atoms with E-state index in [2.05, 4.69) is 55.2 Å². The topological polar surface area (TPSA) is 35.9 Å². The summed E-state index contributed by atoms with van der Waals surface area (Å²) in [6, 6.07) is 8.43. The van der Waals surface area contributed by atoms with Gasteiger partial charge in [0.05, 0.1) is 11.3 Å². The van der Waals surface area contributed by atoms with E-state index in [0.717, 1.165) is 5.71 Å². The van der Waals surface area contributed by atoms with Crippen molar-refractivity contribution >= 4 is 17.3 Å². The van der Waals surface area contributed by atoms with E-state index < -0.39 is 0 Å². The Bertz CT molecular complexity index is 740. The first-order chi connectivity index (χ1) is 10.3. The van der Waals surface area contributed by atoms with Crippen molar-refractivity contribution in [3.05, 3.63) is 53.3 Å². The van der Waals surface area contributed by atoms with Gasteiger partial charge >= 0.3 is 0 Å². The molecule has 4 nitrogen and oxygen atoms in total. The lowest BCUT2D eigenvalue weighted by Crippen LogP contribution is -2.23. The molecule has 2 heterocycles. The molecule has 0 atom stereocenters. The number of nitrogens with zero attached hydrogens (tertiary/aromatic N) is 3. The van der Waals surface area contributed by atoms with E-state index in [1.54, 1.807) is 7.05 Å². The number of hydrogen-bond donors (Lipinski definition) is 0. The highest BCUT2D eigenvalue weighted by atomic mass is 16.2. The van der Waals surface area contributed by atoms with Gasteiger partial charge in [-0.2, -0.15) is 5.10 Å². The summed E-state index contributed by atoms with van der Waals surface area (Å²) in [5.74, 6) is -0.0506. The second-order valence-corrected chi connectivity index (χ2v) is 6.35. The molecular formula is C18H21N3O. The third-order valence-electron chi connectivity index (χ3n) is 4.56. The fourth-order valence-corrected chi connectivity index (χ4v) is 3.31. The number of allylic oxidation sites excluding steroid dienone is 3. The fraction of sp³-hybridized carbons (Fsp3) is 0.333.